The molecular formula is C20H21N5O3. The Morgan fingerprint density at radius 2 is 1.93 bits per heavy atom. The molecule has 3 rings (SSSR count). The van der Waals surface area contributed by atoms with Crippen LogP contribution in [0, 0.1) is 6.92 Å². The summed E-state index contributed by atoms with van der Waals surface area (Å²) in [6.45, 7) is 4.01. The molecule has 2 aromatic carbocycles. The van der Waals surface area contributed by atoms with Crippen molar-refractivity contribution in [2.75, 3.05) is 5.32 Å². The lowest BCUT2D eigenvalue weighted by Crippen LogP contribution is -2.20. The minimum absolute atomic E-state index is 0.00574. The predicted molar refractivity (Wildman–Crippen MR) is 103 cm³/mol. The molecule has 0 spiro atoms. The third kappa shape index (κ3) is 4.22. The van der Waals surface area contributed by atoms with E-state index in [1.165, 1.54) is 4.68 Å². The van der Waals surface area contributed by atoms with E-state index in [-0.39, 0.29) is 28.6 Å². The topological polar surface area (TPSA) is 110 Å². The van der Waals surface area contributed by atoms with E-state index in [4.69, 9.17) is 0 Å². The minimum atomic E-state index is -0.573. The molecule has 0 fully saturated rings. The van der Waals surface area contributed by atoms with Crippen molar-refractivity contribution in [1.29, 1.82) is 0 Å². The van der Waals surface area contributed by atoms with Crippen LogP contribution in [0.1, 0.15) is 51.9 Å². The summed E-state index contributed by atoms with van der Waals surface area (Å²) in [4.78, 5) is 24.9. The highest BCUT2D eigenvalue weighted by atomic mass is 16.3. The maximum Gasteiger partial charge on any atom is 0.295 e. The molecule has 0 saturated heterocycles. The van der Waals surface area contributed by atoms with E-state index in [1.807, 2.05) is 37.3 Å². The van der Waals surface area contributed by atoms with Crippen LogP contribution < -0.4 is 5.32 Å². The number of aryl methyl sites for hydroxylation is 1. The van der Waals surface area contributed by atoms with Crippen LogP contribution in [0.2, 0.25) is 0 Å². The fourth-order valence-electron chi connectivity index (χ4n) is 2.86. The van der Waals surface area contributed by atoms with Gasteiger partial charge < -0.3 is 10.4 Å². The third-order valence-electron chi connectivity index (χ3n) is 4.19. The van der Waals surface area contributed by atoms with E-state index in [9.17, 15) is 14.7 Å². The molecule has 144 valence electrons. The minimum Gasteiger partial charge on any atom is -0.505 e. The zero-order valence-corrected chi connectivity index (χ0v) is 15.7. The zero-order valence-electron chi connectivity index (χ0n) is 15.7. The van der Waals surface area contributed by atoms with E-state index in [1.54, 1.807) is 19.1 Å². The highest BCUT2D eigenvalue weighted by Gasteiger charge is 2.20. The molecule has 8 heteroatoms. The monoisotopic (exact) mass is 379 g/mol. The van der Waals surface area contributed by atoms with Gasteiger partial charge in [-0.05, 0) is 47.0 Å². The Morgan fingerprint density at radius 1 is 1.18 bits per heavy atom. The first-order valence-corrected chi connectivity index (χ1v) is 8.97. The number of hydrogen-bond acceptors (Lipinski definition) is 6. The molecule has 28 heavy (non-hydrogen) atoms. The van der Waals surface area contributed by atoms with Gasteiger partial charge in [0.05, 0.1) is 17.8 Å². The summed E-state index contributed by atoms with van der Waals surface area (Å²) < 4.78 is 1.38. The number of rotatable bonds is 7. The van der Waals surface area contributed by atoms with Crippen LogP contribution in [0.3, 0.4) is 0 Å². The molecule has 3 aromatic rings. The van der Waals surface area contributed by atoms with E-state index in [0.29, 0.717) is 19.4 Å². The van der Waals surface area contributed by atoms with E-state index in [0.717, 1.165) is 11.1 Å². The number of ketones is 1. The Kier molecular flexibility index (Phi) is 5.78. The van der Waals surface area contributed by atoms with Gasteiger partial charge in [0, 0.05) is 6.42 Å². The molecule has 0 radical (unpaired) electrons. The van der Waals surface area contributed by atoms with Crippen molar-refractivity contribution in [1.82, 2.24) is 20.2 Å². The van der Waals surface area contributed by atoms with Crippen molar-refractivity contribution < 1.29 is 14.7 Å². The Balaban J connectivity index is 1.84. The van der Waals surface area contributed by atoms with E-state index >= 15 is 0 Å². The van der Waals surface area contributed by atoms with Crippen molar-refractivity contribution >= 4 is 17.4 Å². The number of carbonyl (C=O) groups excluding carboxylic acids is 2. The summed E-state index contributed by atoms with van der Waals surface area (Å²) in [5.41, 5.74) is 2.03. The second-order valence-corrected chi connectivity index (χ2v) is 6.48. The highest BCUT2D eigenvalue weighted by molar-refractivity contribution is 6.05. The Hall–Kier alpha value is -3.55. The Bertz CT molecular complexity index is 998. The number of Topliss-reactive ketones (excluding diaryl/α,β-unsaturated/α-hetero) is 1. The number of aromatic hydroxyl groups is 1. The molecule has 0 aliphatic carbocycles. The van der Waals surface area contributed by atoms with Gasteiger partial charge in [-0.3, -0.25) is 9.59 Å². The van der Waals surface area contributed by atoms with Crippen LogP contribution in [0.5, 0.6) is 5.75 Å². The smallest absolute Gasteiger partial charge is 0.295 e. The zero-order chi connectivity index (χ0) is 20.1. The molecule has 0 aliphatic rings. The SMILES string of the molecule is CCCC(=O)c1cc(C)cc(NC(=O)c2nnnn2Cc2ccccc2)c1O. The van der Waals surface area contributed by atoms with Gasteiger partial charge in [-0.15, -0.1) is 5.10 Å². The van der Waals surface area contributed by atoms with Gasteiger partial charge in [0.25, 0.3) is 5.91 Å². The first kappa shape index (κ1) is 19.2. The van der Waals surface area contributed by atoms with Crippen LogP contribution in [0.15, 0.2) is 42.5 Å². The van der Waals surface area contributed by atoms with Crippen LogP contribution in [0.25, 0.3) is 0 Å². The summed E-state index contributed by atoms with van der Waals surface area (Å²) in [5, 5.41) is 24.3. The van der Waals surface area contributed by atoms with Crippen molar-refractivity contribution in [3.8, 4) is 5.75 Å². The standard InChI is InChI=1S/C20H21N5O3/c1-3-7-17(26)15-10-13(2)11-16(18(15)27)21-20(28)19-22-23-24-25(19)12-14-8-5-4-6-9-14/h4-6,8-11,27H,3,7,12H2,1-2H3,(H,21,28). The highest BCUT2D eigenvalue weighted by Crippen LogP contribution is 2.31. The van der Waals surface area contributed by atoms with Crippen LogP contribution in [0.4, 0.5) is 5.69 Å². The van der Waals surface area contributed by atoms with Crippen molar-refractivity contribution in [3.05, 3.63) is 65.0 Å². The molecule has 1 amide bonds. The van der Waals surface area contributed by atoms with Crippen LogP contribution in [-0.4, -0.2) is 37.0 Å². The van der Waals surface area contributed by atoms with Gasteiger partial charge in [-0.1, -0.05) is 37.3 Å². The number of aromatic nitrogens is 4. The van der Waals surface area contributed by atoms with Gasteiger partial charge in [0.15, 0.2) is 5.78 Å². The molecule has 0 atom stereocenters. The quantitative estimate of drug-likeness (QED) is 0.482. The lowest BCUT2D eigenvalue weighted by Gasteiger charge is -2.12. The van der Waals surface area contributed by atoms with Crippen molar-refractivity contribution in [3.63, 3.8) is 0 Å². The summed E-state index contributed by atoms with van der Waals surface area (Å²) >= 11 is 0. The maximum atomic E-state index is 12.7. The average molecular weight is 379 g/mol. The molecule has 0 bridgehead atoms. The van der Waals surface area contributed by atoms with Crippen molar-refractivity contribution in [2.24, 2.45) is 0 Å². The summed E-state index contributed by atoms with van der Waals surface area (Å²) in [6, 6.07) is 12.7. The molecule has 2 N–H and O–H groups in total. The number of carbonyl (C=O) groups is 2. The Morgan fingerprint density at radius 3 is 2.64 bits per heavy atom. The first-order chi connectivity index (χ1) is 13.5. The number of nitrogens with one attached hydrogen (secondary N) is 1. The van der Waals surface area contributed by atoms with Crippen LogP contribution in [-0.2, 0) is 6.54 Å². The number of phenols is 1. The number of nitrogens with zero attached hydrogens (tertiary/aromatic N) is 4. The first-order valence-electron chi connectivity index (χ1n) is 8.97. The van der Waals surface area contributed by atoms with Gasteiger partial charge in [-0.25, -0.2) is 4.68 Å². The second kappa shape index (κ2) is 8.43. The summed E-state index contributed by atoms with van der Waals surface area (Å²) in [6.07, 6.45) is 0.988. The second-order valence-electron chi connectivity index (χ2n) is 6.48. The molecule has 8 nitrogen and oxygen atoms in total. The number of anilines is 1. The number of phenolic OH excluding ortho intramolecular Hbond substituents is 1. The lowest BCUT2D eigenvalue weighted by molar-refractivity contribution is 0.0975. The maximum absolute atomic E-state index is 12.7. The summed E-state index contributed by atoms with van der Waals surface area (Å²) in [5.74, 6) is -0.991. The molecular weight excluding hydrogens is 358 g/mol. The fourth-order valence-corrected chi connectivity index (χ4v) is 2.86. The number of hydrogen-bond donors (Lipinski definition) is 2. The third-order valence-corrected chi connectivity index (χ3v) is 4.19. The normalized spacial score (nSPS) is 10.6. The Labute approximate surface area is 162 Å². The molecule has 0 saturated carbocycles. The number of amides is 1. The van der Waals surface area contributed by atoms with Gasteiger partial charge in [0.1, 0.15) is 5.75 Å². The largest absolute Gasteiger partial charge is 0.505 e. The molecule has 0 aliphatic heterocycles. The van der Waals surface area contributed by atoms with E-state index < -0.39 is 5.91 Å². The molecule has 1 heterocycles. The molecule has 0 unspecified atom stereocenters. The van der Waals surface area contributed by atoms with Gasteiger partial charge in [-0.2, -0.15) is 0 Å². The average Bonchev–Trinajstić information content (AvgIpc) is 3.13. The summed E-state index contributed by atoms with van der Waals surface area (Å²) in [7, 11) is 0. The van der Waals surface area contributed by atoms with Crippen LogP contribution >= 0.6 is 0 Å². The molecule has 1 aromatic heterocycles. The van der Waals surface area contributed by atoms with Gasteiger partial charge in [0.2, 0.25) is 5.82 Å². The number of tetrazole rings is 1. The lowest BCUT2D eigenvalue weighted by atomic mass is 10.0. The van der Waals surface area contributed by atoms with Gasteiger partial charge >= 0.3 is 0 Å². The van der Waals surface area contributed by atoms with Crippen molar-refractivity contribution in [2.45, 2.75) is 33.2 Å². The number of benzene rings is 2. The van der Waals surface area contributed by atoms with E-state index in [2.05, 4.69) is 20.8 Å². The predicted octanol–water partition coefficient (Wildman–Crippen LogP) is 2.97. The fraction of sp³-hybridized carbons (Fsp3) is 0.250.